The molecule has 0 spiro atoms. The lowest BCUT2D eigenvalue weighted by atomic mass is 10.1. The average molecular weight is 239 g/mol. The Morgan fingerprint density at radius 1 is 1.53 bits per heavy atom. The number of nitrogens with zero attached hydrogens (tertiary/aromatic N) is 3. The molecule has 2 unspecified atom stereocenters. The summed E-state index contributed by atoms with van der Waals surface area (Å²) in [5.74, 6) is 0.667. The first-order chi connectivity index (χ1) is 8.09. The lowest BCUT2D eigenvalue weighted by Gasteiger charge is -2.37. The summed E-state index contributed by atoms with van der Waals surface area (Å²) in [6.07, 6.45) is 2.69. The van der Waals surface area contributed by atoms with Crippen LogP contribution in [-0.4, -0.2) is 51.4 Å². The Hall–Kier alpha value is -0.910. The quantitative estimate of drug-likeness (QED) is 0.837. The highest BCUT2D eigenvalue weighted by Crippen LogP contribution is 2.21. The molecule has 1 saturated heterocycles. The van der Waals surface area contributed by atoms with Gasteiger partial charge in [-0.2, -0.15) is 0 Å². The molecule has 2 atom stereocenters. The third kappa shape index (κ3) is 2.68. The van der Waals surface area contributed by atoms with Crippen molar-refractivity contribution in [2.75, 3.05) is 19.7 Å². The number of aromatic nitrogens is 2. The fourth-order valence-electron chi connectivity index (χ4n) is 2.18. The van der Waals surface area contributed by atoms with Gasteiger partial charge in [0.1, 0.15) is 18.0 Å². The highest BCUT2D eigenvalue weighted by Gasteiger charge is 2.30. The Morgan fingerprint density at radius 3 is 2.88 bits per heavy atom. The van der Waals surface area contributed by atoms with Crippen molar-refractivity contribution in [3.63, 3.8) is 0 Å². The molecule has 0 radical (unpaired) electrons. The van der Waals surface area contributed by atoms with Gasteiger partial charge < -0.3 is 14.4 Å². The fourth-order valence-corrected chi connectivity index (χ4v) is 2.18. The maximum Gasteiger partial charge on any atom is 0.140 e. The molecule has 1 aromatic heterocycles. The molecule has 0 bridgehead atoms. The molecule has 1 N–H and O–H groups in total. The number of aliphatic hydroxyl groups is 1. The number of ether oxygens (including phenoxy) is 1. The molecule has 1 aliphatic rings. The zero-order valence-electron chi connectivity index (χ0n) is 10.7. The first-order valence-corrected chi connectivity index (χ1v) is 6.10. The number of imidazole rings is 1. The van der Waals surface area contributed by atoms with E-state index >= 15 is 0 Å². The van der Waals surface area contributed by atoms with Gasteiger partial charge in [-0.15, -0.1) is 0 Å². The van der Waals surface area contributed by atoms with Gasteiger partial charge in [0.25, 0.3) is 0 Å². The minimum absolute atomic E-state index is 0.188. The minimum atomic E-state index is -0.656. The first-order valence-electron chi connectivity index (χ1n) is 6.10. The molecule has 0 amide bonds. The number of aryl methyl sites for hydroxylation is 1. The standard InChI is InChI=1S/C12H21N3O2/c1-9(2)15-6-7-17-10(8-15)11(16)12-13-4-5-14(12)3/h4-5,9-11,16H,6-8H2,1-3H3. The molecule has 5 heteroatoms. The molecular weight excluding hydrogens is 218 g/mol. The van der Waals surface area contributed by atoms with Crippen molar-refractivity contribution < 1.29 is 9.84 Å². The number of aliphatic hydroxyl groups excluding tert-OH is 1. The second kappa shape index (κ2) is 5.16. The van der Waals surface area contributed by atoms with Crippen molar-refractivity contribution in [3.05, 3.63) is 18.2 Å². The number of morpholine rings is 1. The highest BCUT2D eigenvalue weighted by molar-refractivity contribution is 4.99. The molecule has 1 fully saturated rings. The summed E-state index contributed by atoms with van der Waals surface area (Å²) >= 11 is 0. The van der Waals surface area contributed by atoms with E-state index in [1.807, 2.05) is 17.8 Å². The Morgan fingerprint density at radius 2 is 2.29 bits per heavy atom. The number of hydrogen-bond acceptors (Lipinski definition) is 4. The largest absolute Gasteiger partial charge is 0.382 e. The van der Waals surface area contributed by atoms with Crippen LogP contribution in [0.25, 0.3) is 0 Å². The molecule has 0 aliphatic carbocycles. The summed E-state index contributed by atoms with van der Waals surface area (Å²) in [5.41, 5.74) is 0. The Labute approximate surface area is 102 Å². The fraction of sp³-hybridized carbons (Fsp3) is 0.750. The van der Waals surface area contributed by atoms with E-state index in [4.69, 9.17) is 4.74 Å². The summed E-state index contributed by atoms with van der Waals surface area (Å²) in [7, 11) is 1.88. The molecule has 2 heterocycles. The van der Waals surface area contributed by atoms with Crippen LogP contribution in [0, 0.1) is 0 Å². The van der Waals surface area contributed by atoms with Gasteiger partial charge in [-0.05, 0) is 13.8 Å². The average Bonchev–Trinajstić information content (AvgIpc) is 2.74. The maximum absolute atomic E-state index is 10.3. The molecule has 2 rings (SSSR count). The van der Waals surface area contributed by atoms with E-state index in [-0.39, 0.29) is 6.10 Å². The molecule has 0 saturated carbocycles. The molecule has 17 heavy (non-hydrogen) atoms. The second-order valence-electron chi connectivity index (χ2n) is 4.84. The Bertz CT molecular complexity index is 364. The van der Waals surface area contributed by atoms with Gasteiger partial charge >= 0.3 is 0 Å². The third-order valence-corrected chi connectivity index (χ3v) is 3.33. The number of hydrogen-bond donors (Lipinski definition) is 1. The van der Waals surface area contributed by atoms with E-state index in [0.29, 0.717) is 18.5 Å². The van der Waals surface area contributed by atoms with Gasteiger partial charge in [0.05, 0.1) is 6.61 Å². The molecule has 96 valence electrons. The minimum Gasteiger partial charge on any atom is -0.382 e. The molecule has 1 aliphatic heterocycles. The smallest absolute Gasteiger partial charge is 0.140 e. The molecule has 1 aromatic rings. The predicted molar refractivity (Wildman–Crippen MR) is 64.6 cm³/mol. The van der Waals surface area contributed by atoms with Gasteiger partial charge in [-0.25, -0.2) is 4.98 Å². The van der Waals surface area contributed by atoms with Crippen LogP contribution in [0.1, 0.15) is 25.8 Å². The van der Waals surface area contributed by atoms with Crippen LogP contribution in [-0.2, 0) is 11.8 Å². The van der Waals surface area contributed by atoms with Crippen LogP contribution >= 0.6 is 0 Å². The van der Waals surface area contributed by atoms with Crippen molar-refractivity contribution in [3.8, 4) is 0 Å². The van der Waals surface area contributed by atoms with Crippen LogP contribution in [0.2, 0.25) is 0 Å². The molecule has 0 aromatic carbocycles. The monoisotopic (exact) mass is 239 g/mol. The van der Waals surface area contributed by atoms with Crippen LogP contribution in [0.4, 0.5) is 0 Å². The van der Waals surface area contributed by atoms with E-state index in [0.717, 1.165) is 13.1 Å². The Balaban J connectivity index is 2.05. The summed E-state index contributed by atoms with van der Waals surface area (Å²) < 4.78 is 7.49. The van der Waals surface area contributed by atoms with Crippen LogP contribution in [0.3, 0.4) is 0 Å². The summed E-state index contributed by atoms with van der Waals surface area (Å²) in [6.45, 7) is 6.68. The Kier molecular flexibility index (Phi) is 3.81. The maximum atomic E-state index is 10.3. The molecular formula is C12H21N3O2. The van der Waals surface area contributed by atoms with E-state index in [9.17, 15) is 5.11 Å². The van der Waals surface area contributed by atoms with E-state index in [1.54, 1.807) is 6.20 Å². The summed E-state index contributed by atoms with van der Waals surface area (Å²) in [5, 5.41) is 10.3. The SMILES string of the molecule is CC(C)N1CCOC(C(O)c2nccn2C)C1. The highest BCUT2D eigenvalue weighted by atomic mass is 16.5. The van der Waals surface area contributed by atoms with Gasteiger partial charge in [-0.1, -0.05) is 0 Å². The van der Waals surface area contributed by atoms with E-state index < -0.39 is 6.10 Å². The summed E-state index contributed by atoms with van der Waals surface area (Å²) in [4.78, 5) is 6.49. The van der Waals surface area contributed by atoms with E-state index in [2.05, 4.69) is 23.7 Å². The van der Waals surface area contributed by atoms with Crippen molar-refractivity contribution in [1.82, 2.24) is 14.5 Å². The predicted octanol–water partition coefficient (Wildman–Crippen LogP) is 0.563. The van der Waals surface area contributed by atoms with Crippen LogP contribution < -0.4 is 0 Å². The normalized spacial score (nSPS) is 24.2. The van der Waals surface area contributed by atoms with Crippen molar-refractivity contribution in [2.24, 2.45) is 7.05 Å². The van der Waals surface area contributed by atoms with E-state index in [1.165, 1.54) is 0 Å². The van der Waals surface area contributed by atoms with Crippen LogP contribution in [0.15, 0.2) is 12.4 Å². The van der Waals surface area contributed by atoms with Crippen LogP contribution in [0.5, 0.6) is 0 Å². The van der Waals surface area contributed by atoms with Gasteiger partial charge in [0.2, 0.25) is 0 Å². The van der Waals surface area contributed by atoms with Crippen molar-refractivity contribution in [1.29, 1.82) is 0 Å². The summed E-state index contributed by atoms with van der Waals surface area (Å²) in [6, 6.07) is 0.481. The van der Waals surface area contributed by atoms with Crippen molar-refractivity contribution >= 4 is 0 Å². The lowest BCUT2D eigenvalue weighted by Crippen LogP contribution is -2.48. The third-order valence-electron chi connectivity index (χ3n) is 3.33. The van der Waals surface area contributed by atoms with Crippen molar-refractivity contribution in [2.45, 2.75) is 32.1 Å². The zero-order chi connectivity index (χ0) is 12.4. The van der Waals surface area contributed by atoms with Gasteiger partial charge in [0.15, 0.2) is 0 Å². The number of rotatable bonds is 3. The first kappa shape index (κ1) is 12.5. The van der Waals surface area contributed by atoms with Gasteiger partial charge in [-0.3, -0.25) is 4.90 Å². The van der Waals surface area contributed by atoms with Gasteiger partial charge in [0, 0.05) is 38.6 Å². The second-order valence-corrected chi connectivity index (χ2v) is 4.84. The topological polar surface area (TPSA) is 50.5 Å². The lowest BCUT2D eigenvalue weighted by molar-refractivity contribution is -0.0990. The molecule has 5 nitrogen and oxygen atoms in total. The zero-order valence-corrected chi connectivity index (χ0v) is 10.7.